The number of amides is 1. The highest BCUT2D eigenvalue weighted by Gasteiger charge is 2.12. The van der Waals surface area contributed by atoms with E-state index >= 15 is 0 Å². The van der Waals surface area contributed by atoms with Crippen LogP contribution in [-0.4, -0.2) is 40.3 Å². The minimum absolute atomic E-state index is 0.0732. The van der Waals surface area contributed by atoms with Gasteiger partial charge in [0.2, 0.25) is 0 Å². The first kappa shape index (κ1) is 14.7. The Bertz CT molecular complexity index is 563. The van der Waals surface area contributed by atoms with Gasteiger partial charge in [-0.2, -0.15) is 5.10 Å². The molecule has 2 rings (SSSR count). The number of nitrogens with zero attached hydrogens (tertiary/aromatic N) is 3. The number of hydrogen-bond donors (Lipinski definition) is 2. The van der Waals surface area contributed by atoms with E-state index in [1.807, 2.05) is 13.2 Å². The van der Waals surface area contributed by atoms with Gasteiger partial charge in [0.05, 0.1) is 12.4 Å². The first-order chi connectivity index (χ1) is 9.70. The first-order valence-electron chi connectivity index (χ1n) is 6.64. The molecular weight excluding hydrogens is 274 g/mol. The van der Waals surface area contributed by atoms with Crippen molar-refractivity contribution in [2.75, 3.05) is 19.6 Å². The summed E-state index contributed by atoms with van der Waals surface area (Å²) in [6.45, 7) is 4.50. The van der Waals surface area contributed by atoms with Crippen LogP contribution in [0.25, 0.3) is 10.6 Å². The number of carbonyl (C=O) groups excluding carboxylic acids is 1. The molecule has 0 aliphatic heterocycles. The lowest BCUT2D eigenvalue weighted by molar-refractivity contribution is 0.0958. The van der Waals surface area contributed by atoms with Gasteiger partial charge in [0.15, 0.2) is 0 Å². The summed E-state index contributed by atoms with van der Waals surface area (Å²) >= 11 is 1.38. The summed E-state index contributed by atoms with van der Waals surface area (Å²) in [5, 5.41) is 11.0. The lowest BCUT2D eigenvalue weighted by Gasteiger charge is -2.04. The van der Waals surface area contributed by atoms with Gasteiger partial charge in [-0.25, -0.2) is 4.98 Å². The number of hydrogen-bond acceptors (Lipinski definition) is 5. The molecule has 2 N–H and O–H groups in total. The summed E-state index contributed by atoms with van der Waals surface area (Å²) < 4.78 is 1.72. The normalized spacial score (nSPS) is 10.7. The second-order valence-electron chi connectivity index (χ2n) is 4.44. The van der Waals surface area contributed by atoms with Crippen LogP contribution < -0.4 is 10.6 Å². The Morgan fingerprint density at radius 2 is 2.20 bits per heavy atom. The van der Waals surface area contributed by atoms with Crippen LogP contribution in [0.1, 0.15) is 23.0 Å². The summed E-state index contributed by atoms with van der Waals surface area (Å²) in [6.07, 6.45) is 6.34. The molecule has 0 bridgehead atoms. The smallest absolute Gasteiger partial charge is 0.263 e. The maximum atomic E-state index is 11.9. The van der Waals surface area contributed by atoms with Crippen LogP contribution in [0.2, 0.25) is 0 Å². The first-order valence-corrected chi connectivity index (χ1v) is 7.46. The molecule has 2 aromatic heterocycles. The monoisotopic (exact) mass is 293 g/mol. The number of nitrogens with one attached hydrogen (secondary N) is 2. The van der Waals surface area contributed by atoms with E-state index in [0.717, 1.165) is 30.1 Å². The molecule has 0 atom stereocenters. The molecule has 0 fully saturated rings. The molecule has 0 spiro atoms. The molecule has 0 saturated heterocycles. The Kier molecular flexibility index (Phi) is 5.25. The average Bonchev–Trinajstić information content (AvgIpc) is 3.06. The summed E-state index contributed by atoms with van der Waals surface area (Å²) in [7, 11) is 1.86. The number of thiazole rings is 1. The van der Waals surface area contributed by atoms with Crippen molar-refractivity contribution in [3.63, 3.8) is 0 Å². The number of aryl methyl sites for hydroxylation is 1. The highest BCUT2D eigenvalue weighted by Crippen LogP contribution is 2.24. The van der Waals surface area contributed by atoms with E-state index < -0.39 is 0 Å². The second kappa shape index (κ2) is 7.16. The Hall–Kier alpha value is -1.73. The minimum atomic E-state index is -0.0732. The fraction of sp³-hybridized carbons (Fsp3) is 0.462. The third-order valence-corrected chi connectivity index (χ3v) is 3.74. The largest absolute Gasteiger partial charge is 0.350 e. The Morgan fingerprint density at radius 1 is 1.35 bits per heavy atom. The van der Waals surface area contributed by atoms with Crippen molar-refractivity contribution in [2.45, 2.75) is 13.3 Å². The number of aromatic nitrogens is 3. The molecule has 7 heteroatoms. The van der Waals surface area contributed by atoms with Crippen LogP contribution in [0, 0.1) is 0 Å². The van der Waals surface area contributed by atoms with Crippen molar-refractivity contribution in [1.82, 2.24) is 25.4 Å². The molecule has 0 aromatic carbocycles. The zero-order valence-electron chi connectivity index (χ0n) is 11.7. The van der Waals surface area contributed by atoms with Crippen LogP contribution in [0.5, 0.6) is 0 Å². The van der Waals surface area contributed by atoms with Crippen LogP contribution in [0.4, 0.5) is 0 Å². The summed E-state index contributed by atoms with van der Waals surface area (Å²) in [5.74, 6) is -0.0732. The molecule has 20 heavy (non-hydrogen) atoms. The molecule has 0 radical (unpaired) electrons. The number of carbonyl (C=O) groups is 1. The van der Waals surface area contributed by atoms with Gasteiger partial charge in [0.25, 0.3) is 5.91 Å². The fourth-order valence-electron chi connectivity index (χ4n) is 1.70. The van der Waals surface area contributed by atoms with Gasteiger partial charge in [-0.05, 0) is 13.0 Å². The second-order valence-corrected chi connectivity index (χ2v) is 5.47. The summed E-state index contributed by atoms with van der Waals surface area (Å²) in [4.78, 5) is 16.8. The predicted octanol–water partition coefficient (Wildman–Crippen LogP) is 1.27. The zero-order chi connectivity index (χ0) is 14.4. The van der Waals surface area contributed by atoms with Crippen molar-refractivity contribution >= 4 is 17.2 Å². The van der Waals surface area contributed by atoms with Crippen molar-refractivity contribution in [3.05, 3.63) is 23.5 Å². The summed E-state index contributed by atoms with van der Waals surface area (Å²) in [5.41, 5.74) is 0.932. The predicted molar refractivity (Wildman–Crippen MR) is 79.8 cm³/mol. The Labute approximate surface area is 122 Å². The average molecular weight is 293 g/mol. The molecular formula is C13H19N5OS. The van der Waals surface area contributed by atoms with Gasteiger partial charge in [0, 0.05) is 31.9 Å². The van der Waals surface area contributed by atoms with Crippen molar-refractivity contribution in [2.24, 2.45) is 7.05 Å². The fourth-order valence-corrected chi connectivity index (χ4v) is 2.50. The van der Waals surface area contributed by atoms with Gasteiger partial charge in [-0.15, -0.1) is 11.3 Å². The van der Waals surface area contributed by atoms with E-state index in [2.05, 4.69) is 27.6 Å². The third kappa shape index (κ3) is 3.88. The molecule has 0 saturated carbocycles. The highest BCUT2D eigenvalue weighted by atomic mass is 32.1. The zero-order valence-corrected chi connectivity index (χ0v) is 12.5. The van der Waals surface area contributed by atoms with Crippen LogP contribution in [-0.2, 0) is 7.05 Å². The minimum Gasteiger partial charge on any atom is -0.350 e. The van der Waals surface area contributed by atoms with Crippen molar-refractivity contribution < 1.29 is 4.79 Å². The SMILES string of the molecule is CCCNCCNC(=O)c1cnc(-c2cnn(C)c2)s1. The van der Waals surface area contributed by atoms with Crippen LogP contribution in [0.3, 0.4) is 0 Å². The van der Waals surface area contributed by atoms with Gasteiger partial charge in [0.1, 0.15) is 9.88 Å². The molecule has 0 aliphatic carbocycles. The van der Waals surface area contributed by atoms with Gasteiger partial charge < -0.3 is 10.6 Å². The Balaban J connectivity index is 1.87. The standard InChI is InChI=1S/C13H19N5OS/c1-3-4-14-5-6-15-12(19)11-8-16-13(20-11)10-7-17-18(2)9-10/h7-9,14H,3-6H2,1-2H3,(H,15,19). The number of rotatable bonds is 7. The highest BCUT2D eigenvalue weighted by molar-refractivity contribution is 7.16. The lowest BCUT2D eigenvalue weighted by Crippen LogP contribution is -2.31. The molecule has 108 valence electrons. The topological polar surface area (TPSA) is 71.8 Å². The molecule has 0 unspecified atom stereocenters. The maximum Gasteiger partial charge on any atom is 0.263 e. The van der Waals surface area contributed by atoms with E-state index in [9.17, 15) is 4.79 Å². The lowest BCUT2D eigenvalue weighted by atomic mass is 10.4. The molecule has 2 heterocycles. The van der Waals surface area contributed by atoms with Crippen molar-refractivity contribution in [3.8, 4) is 10.6 Å². The van der Waals surface area contributed by atoms with E-state index in [4.69, 9.17) is 0 Å². The molecule has 0 aliphatic rings. The Morgan fingerprint density at radius 3 is 2.90 bits per heavy atom. The van der Waals surface area contributed by atoms with Gasteiger partial charge >= 0.3 is 0 Å². The quantitative estimate of drug-likeness (QED) is 0.754. The van der Waals surface area contributed by atoms with E-state index in [-0.39, 0.29) is 5.91 Å². The van der Waals surface area contributed by atoms with E-state index in [1.165, 1.54) is 11.3 Å². The maximum absolute atomic E-state index is 11.9. The van der Waals surface area contributed by atoms with Crippen LogP contribution >= 0.6 is 11.3 Å². The molecule has 2 aromatic rings. The van der Waals surface area contributed by atoms with Crippen molar-refractivity contribution in [1.29, 1.82) is 0 Å². The van der Waals surface area contributed by atoms with E-state index in [1.54, 1.807) is 17.1 Å². The third-order valence-electron chi connectivity index (χ3n) is 2.70. The van der Waals surface area contributed by atoms with Crippen LogP contribution in [0.15, 0.2) is 18.6 Å². The van der Waals surface area contributed by atoms with Gasteiger partial charge in [-0.1, -0.05) is 6.92 Å². The molecule has 6 nitrogen and oxygen atoms in total. The van der Waals surface area contributed by atoms with E-state index in [0.29, 0.717) is 11.4 Å². The molecule has 1 amide bonds. The van der Waals surface area contributed by atoms with Gasteiger partial charge in [-0.3, -0.25) is 9.48 Å². The summed E-state index contributed by atoms with van der Waals surface area (Å²) in [6, 6.07) is 0.